The van der Waals surface area contributed by atoms with Gasteiger partial charge in [0.1, 0.15) is 5.69 Å². The molecule has 0 saturated carbocycles. The SMILES string of the molecule is CCCn1cc(Br)cc1C(=O)N1CCC(CC(=O)O)C1. The summed E-state index contributed by atoms with van der Waals surface area (Å²) in [5.74, 6) is -0.715. The van der Waals surface area contributed by atoms with E-state index in [1.807, 2.05) is 16.8 Å². The van der Waals surface area contributed by atoms with Crippen molar-refractivity contribution in [3.8, 4) is 0 Å². The molecular weight excluding hydrogens is 324 g/mol. The number of hydrogen-bond acceptors (Lipinski definition) is 2. The molecule has 0 aliphatic carbocycles. The molecule has 1 atom stereocenters. The molecule has 1 fully saturated rings. The number of carbonyl (C=O) groups is 2. The molecule has 1 N–H and O–H groups in total. The molecule has 2 rings (SSSR count). The first-order valence-electron chi connectivity index (χ1n) is 6.88. The maximum atomic E-state index is 12.5. The largest absolute Gasteiger partial charge is 0.481 e. The van der Waals surface area contributed by atoms with Crippen LogP contribution < -0.4 is 0 Å². The van der Waals surface area contributed by atoms with Gasteiger partial charge in [0.05, 0.1) is 0 Å². The van der Waals surface area contributed by atoms with Gasteiger partial charge in [0.15, 0.2) is 0 Å². The minimum absolute atomic E-state index is 0.00274. The maximum Gasteiger partial charge on any atom is 0.303 e. The van der Waals surface area contributed by atoms with Crippen LogP contribution in [0.3, 0.4) is 0 Å². The molecule has 0 spiro atoms. The van der Waals surface area contributed by atoms with Crippen LogP contribution in [0.1, 0.15) is 36.7 Å². The third kappa shape index (κ3) is 3.42. The van der Waals surface area contributed by atoms with Crippen LogP contribution in [0.2, 0.25) is 0 Å². The van der Waals surface area contributed by atoms with Gasteiger partial charge in [0.2, 0.25) is 0 Å². The molecule has 5 nitrogen and oxygen atoms in total. The Labute approximate surface area is 126 Å². The Bertz CT molecular complexity index is 513. The van der Waals surface area contributed by atoms with Gasteiger partial charge in [-0.3, -0.25) is 9.59 Å². The minimum atomic E-state index is -0.790. The zero-order valence-corrected chi connectivity index (χ0v) is 13.1. The Morgan fingerprint density at radius 2 is 2.25 bits per heavy atom. The second-order valence-corrected chi connectivity index (χ2v) is 6.16. The highest BCUT2D eigenvalue weighted by molar-refractivity contribution is 9.10. The molecule has 1 amide bonds. The normalized spacial score (nSPS) is 18.5. The molecule has 110 valence electrons. The van der Waals surface area contributed by atoms with Gasteiger partial charge in [-0.2, -0.15) is 0 Å². The molecule has 20 heavy (non-hydrogen) atoms. The van der Waals surface area contributed by atoms with E-state index in [0.717, 1.165) is 23.9 Å². The summed E-state index contributed by atoms with van der Waals surface area (Å²) >= 11 is 3.41. The number of hydrogen-bond donors (Lipinski definition) is 1. The van der Waals surface area contributed by atoms with E-state index in [4.69, 9.17) is 5.11 Å². The molecule has 6 heteroatoms. The molecule has 0 radical (unpaired) electrons. The first kappa shape index (κ1) is 15.1. The smallest absolute Gasteiger partial charge is 0.303 e. The monoisotopic (exact) mass is 342 g/mol. The molecular formula is C14H19BrN2O3. The molecule has 1 aromatic heterocycles. The number of carbonyl (C=O) groups excluding carboxylic acids is 1. The van der Waals surface area contributed by atoms with Gasteiger partial charge in [-0.15, -0.1) is 0 Å². The van der Waals surface area contributed by atoms with Crippen molar-refractivity contribution in [2.75, 3.05) is 13.1 Å². The van der Waals surface area contributed by atoms with Crippen molar-refractivity contribution in [1.82, 2.24) is 9.47 Å². The fourth-order valence-electron chi connectivity index (χ4n) is 2.67. The van der Waals surface area contributed by atoms with Crippen molar-refractivity contribution in [3.05, 3.63) is 22.4 Å². The van der Waals surface area contributed by atoms with E-state index >= 15 is 0 Å². The van der Waals surface area contributed by atoms with E-state index in [1.165, 1.54) is 0 Å². The lowest BCUT2D eigenvalue weighted by atomic mass is 10.1. The summed E-state index contributed by atoms with van der Waals surface area (Å²) in [5, 5.41) is 8.82. The second-order valence-electron chi connectivity index (χ2n) is 5.24. The fraction of sp³-hybridized carbons (Fsp3) is 0.571. The number of likely N-dealkylation sites (tertiary alicyclic amines) is 1. The number of aryl methyl sites for hydroxylation is 1. The molecule has 0 aromatic carbocycles. The summed E-state index contributed by atoms with van der Waals surface area (Å²) in [6, 6.07) is 1.84. The van der Waals surface area contributed by atoms with E-state index in [0.29, 0.717) is 18.8 Å². The summed E-state index contributed by atoms with van der Waals surface area (Å²) in [5.41, 5.74) is 0.676. The summed E-state index contributed by atoms with van der Waals surface area (Å²) in [6.07, 6.45) is 3.79. The molecule has 1 saturated heterocycles. The number of halogens is 1. The van der Waals surface area contributed by atoms with Crippen LogP contribution in [0.25, 0.3) is 0 Å². The third-order valence-electron chi connectivity index (χ3n) is 3.58. The first-order chi connectivity index (χ1) is 9.51. The highest BCUT2D eigenvalue weighted by atomic mass is 79.9. The van der Waals surface area contributed by atoms with Gasteiger partial charge in [-0.25, -0.2) is 0 Å². The van der Waals surface area contributed by atoms with Crippen LogP contribution >= 0.6 is 15.9 Å². The van der Waals surface area contributed by atoms with E-state index in [2.05, 4.69) is 22.9 Å². The van der Waals surface area contributed by atoms with Crippen molar-refractivity contribution >= 4 is 27.8 Å². The van der Waals surface area contributed by atoms with E-state index in [9.17, 15) is 9.59 Å². The summed E-state index contributed by atoms with van der Waals surface area (Å²) in [7, 11) is 0. The van der Waals surface area contributed by atoms with Crippen molar-refractivity contribution < 1.29 is 14.7 Å². The highest BCUT2D eigenvalue weighted by Crippen LogP contribution is 2.23. The lowest BCUT2D eigenvalue weighted by Gasteiger charge is -2.17. The zero-order valence-electron chi connectivity index (χ0n) is 11.5. The Balaban J connectivity index is 2.07. The summed E-state index contributed by atoms with van der Waals surface area (Å²) < 4.78 is 2.85. The van der Waals surface area contributed by atoms with Gasteiger partial charge in [0, 0.05) is 36.7 Å². The number of aromatic nitrogens is 1. The minimum Gasteiger partial charge on any atom is -0.481 e. The predicted molar refractivity (Wildman–Crippen MR) is 78.7 cm³/mol. The van der Waals surface area contributed by atoms with Gasteiger partial charge >= 0.3 is 5.97 Å². The number of rotatable bonds is 5. The summed E-state index contributed by atoms with van der Waals surface area (Å²) in [4.78, 5) is 25.0. The van der Waals surface area contributed by atoms with Crippen LogP contribution in [-0.2, 0) is 11.3 Å². The molecule has 1 aliphatic heterocycles. The van der Waals surface area contributed by atoms with Crippen LogP contribution in [-0.4, -0.2) is 39.5 Å². The van der Waals surface area contributed by atoms with Crippen LogP contribution in [0.4, 0.5) is 0 Å². The van der Waals surface area contributed by atoms with Gasteiger partial charge < -0.3 is 14.6 Å². The molecule has 1 unspecified atom stereocenters. The quantitative estimate of drug-likeness (QED) is 0.894. The van der Waals surface area contributed by atoms with Crippen molar-refractivity contribution in [1.29, 1.82) is 0 Å². The van der Waals surface area contributed by atoms with E-state index in [-0.39, 0.29) is 18.2 Å². The lowest BCUT2D eigenvalue weighted by Crippen LogP contribution is -2.30. The van der Waals surface area contributed by atoms with Crippen molar-refractivity contribution in [3.63, 3.8) is 0 Å². The Kier molecular flexibility index (Phi) is 4.86. The standard InChI is InChI=1S/C14H19BrN2O3/c1-2-4-16-9-11(15)7-12(16)14(20)17-5-3-10(8-17)6-13(18)19/h7,9-10H,2-6,8H2,1H3,(H,18,19). The molecule has 2 heterocycles. The van der Waals surface area contributed by atoms with Gasteiger partial charge in [-0.05, 0) is 40.8 Å². The number of nitrogens with zero attached hydrogens (tertiary/aromatic N) is 2. The number of carboxylic acid groups (broad SMARTS) is 1. The summed E-state index contributed by atoms with van der Waals surface area (Å²) in [6.45, 7) is 4.06. The van der Waals surface area contributed by atoms with Crippen molar-refractivity contribution in [2.24, 2.45) is 5.92 Å². The first-order valence-corrected chi connectivity index (χ1v) is 7.67. The zero-order chi connectivity index (χ0) is 14.7. The average molecular weight is 343 g/mol. The van der Waals surface area contributed by atoms with Crippen molar-refractivity contribution in [2.45, 2.75) is 32.7 Å². The van der Waals surface area contributed by atoms with Crippen LogP contribution in [0, 0.1) is 5.92 Å². The Morgan fingerprint density at radius 1 is 1.50 bits per heavy atom. The van der Waals surface area contributed by atoms with E-state index < -0.39 is 5.97 Å². The number of aliphatic carboxylic acids is 1. The number of carboxylic acids is 1. The molecule has 0 bridgehead atoms. The molecule has 1 aliphatic rings. The molecule has 1 aromatic rings. The Hall–Kier alpha value is -1.30. The fourth-order valence-corrected chi connectivity index (χ4v) is 3.14. The van der Waals surface area contributed by atoms with Crippen LogP contribution in [0.15, 0.2) is 16.7 Å². The lowest BCUT2D eigenvalue weighted by molar-refractivity contribution is -0.138. The topological polar surface area (TPSA) is 62.5 Å². The van der Waals surface area contributed by atoms with Gasteiger partial charge in [-0.1, -0.05) is 6.92 Å². The van der Waals surface area contributed by atoms with E-state index in [1.54, 1.807) is 4.90 Å². The Morgan fingerprint density at radius 3 is 2.90 bits per heavy atom. The highest BCUT2D eigenvalue weighted by Gasteiger charge is 2.29. The predicted octanol–water partition coefficient (Wildman–Crippen LogP) is 2.60. The van der Waals surface area contributed by atoms with Crippen LogP contribution in [0.5, 0.6) is 0 Å². The van der Waals surface area contributed by atoms with Gasteiger partial charge in [0.25, 0.3) is 5.91 Å². The second kappa shape index (κ2) is 6.43. The average Bonchev–Trinajstić information content (AvgIpc) is 2.95. The number of amides is 1. The third-order valence-corrected chi connectivity index (χ3v) is 4.02. The maximum absolute atomic E-state index is 12.5.